The largest absolute Gasteiger partial charge is 0.493 e. The summed E-state index contributed by atoms with van der Waals surface area (Å²) in [5, 5.41) is 2.60. The Labute approximate surface area is 136 Å². The third-order valence-electron chi connectivity index (χ3n) is 3.87. The monoisotopic (exact) mass is 321 g/mol. The second-order valence-electron chi connectivity index (χ2n) is 5.59. The quantitative estimate of drug-likeness (QED) is 0.893. The van der Waals surface area contributed by atoms with Crippen molar-refractivity contribution in [3.63, 3.8) is 0 Å². The fraction of sp³-hybridized carbons (Fsp3) is 0.500. The number of ether oxygens (including phenoxy) is 2. The van der Waals surface area contributed by atoms with Crippen molar-refractivity contribution in [2.24, 2.45) is 0 Å². The molecule has 0 aliphatic carbocycles. The van der Waals surface area contributed by atoms with E-state index in [1.165, 1.54) is 4.90 Å². The van der Waals surface area contributed by atoms with Crippen molar-refractivity contribution in [3.8, 4) is 11.5 Å². The van der Waals surface area contributed by atoms with Crippen LogP contribution in [-0.2, 0) is 17.8 Å². The molecule has 0 aromatic heterocycles. The zero-order valence-corrected chi connectivity index (χ0v) is 14.0. The number of benzene rings is 1. The van der Waals surface area contributed by atoms with E-state index in [0.717, 1.165) is 17.5 Å². The van der Waals surface area contributed by atoms with E-state index in [9.17, 15) is 9.59 Å². The molecule has 0 saturated carbocycles. The highest BCUT2D eigenvalue weighted by Gasteiger charge is 2.23. The molecule has 126 valence electrons. The molecular weight excluding hydrogens is 298 g/mol. The van der Waals surface area contributed by atoms with Crippen LogP contribution < -0.4 is 14.8 Å². The van der Waals surface area contributed by atoms with Gasteiger partial charge in [0, 0.05) is 27.2 Å². The number of nitrogens with one attached hydrogen (secondary N) is 1. The van der Waals surface area contributed by atoms with Crippen molar-refractivity contribution in [1.29, 1.82) is 0 Å². The molecule has 23 heavy (non-hydrogen) atoms. The lowest BCUT2D eigenvalue weighted by molar-refractivity contribution is -0.131. The normalized spacial score (nSPS) is 13.1. The molecule has 0 fully saturated rings. The van der Waals surface area contributed by atoms with Gasteiger partial charge in [-0.1, -0.05) is 0 Å². The third kappa shape index (κ3) is 3.85. The van der Waals surface area contributed by atoms with Crippen LogP contribution in [0.25, 0.3) is 0 Å². The van der Waals surface area contributed by atoms with Gasteiger partial charge in [-0.15, -0.1) is 0 Å². The molecular formula is C16H23N3O4. The van der Waals surface area contributed by atoms with Gasteiger partial charge in [0.15, 0.2) is 11.5 Å². The Morgan fingerprint density at radius 3 is 2.35 bits per heavy atom. The van der Waals surface area contributed by atoms with Crippen LogP contribution in [0, 0.1) is 0 Å². The highest BCUT2D eigenvalue weighted by molar-refractivity contribution is 5.84. The van der Waals surface area contributed by atoms with Crippen molar-refractivity contribution < 1.29 is 19.1 Å². The molecule has 1 aliphatic rings. The first kappa shape index (κ1) is 16.9. The van der Waals surface area contributed by atoms with Gasteiger partial charge in [0.05, 0.1) is 20.8 Å². The summed E-state index contributed by atoms with van der Waals surface area (Å²) in [6, 6.07) is 3.60. The summed E-state index contributed by atoms with van der Waals surface area (Å²) in [6.07, 6.45) is 0.753. The van der Waals surface area contributed by atoms with Crippen LogP contribution in [0.4, 0.5) is 4.79 Å². The Morgan fingerprint density at radius 1 is 1.17 bits per heavy atom. The Bertz CT molecular complexity index is 601. The lowest BCUT2D eigenvalue weighted by Gasteiger charge is -2.30. The molecule has 1 heterocycles. The number of rotatable bonds is 4. The summed E-state index contributed by atoms with van der Waals surface area (Å²) in [4.78, 5) is 26.9. The van der Waals surface area contributed by atoms with Crippen molar-refractivity contribution in [2.45, 2.75) is 13.0 Å². The van der Waals surface area contributed by atoms with Crippen molar-refractivity contribution >= 4 is 11.9 Å². The Balaban J connectivity index is 2.05. The Morgan fingerprint density at radius 2 is 1.78 bits per heavy atom. The topological polar surface area (TPSA) is 71.1 Å². The second-order valence-corrected chi connectivity index (χ2v) is 5.59. The molecule has 7 nitrogen and oxygen atoms in total. The van der Waals surface area contributed by atoms with E-state index in [-0.39, 0.29) is 18.5 Å². The molecule has 1 aromatic carbocycles. The van der Waals surface area contributed by atoms with Gasteiger partial charge in [-0.25, -0.2) is 4.79 Å². The number of nitrogens with zero attached hydrogens (tertiary/aromatic N) is 2. The SMILES string of the molecule is COc1cc2c(cc1OC)CN(C(=O)CNC(=O)N(C)C)CC2. The standard InChI is InChI=1S/C16H23N3O4/c1-18(2)16(21)17-9-15(20)19-6-5-11-7-13(22-3)14(23-4)8-12(11)10-19/h7-8H,5-6,9-10H2,1-4H3,(H,17,21). The van der Waals surface area contributed by atoms with Crippen LogP contribution in [0.2, 0.25) is 0 Å². The van der Waals surface area contributed by atoms with Crippen LogP contribution >= 0.6 is 0 Å². The Hall–Kier alpha value is -2.44. The molecule has 0 radical (unpaired) electrons. The summed E-state index contributed by atoms with van der Waals surface area (Å²) in [5.74, 6) is 1.26. The Kier molecular flexibility index (Phi) is 5.31. The highest BCUT2D eigenvalue weighted by atomic mass is 16.5. The van der Waals surface area contributed by atoms with Gasteiger partial charge in [0.1, 0.15) is 0 Å². The maximum absolute atomic E-state index is 12.2. The first-order valence-corrected chi connectivity index (χ1v) is 7.43. The second kappa shape index (κ2) is 7.21. The van der Waals surface area contributed by atoms with Gasteiger partial charge in [0.25, 0.3) is 0 Å². The van der Waals surface area contributed by atoms with Gasteiger partial charge in [-0.2, -0.15) is 0 Å². The zero-order chi connectivity index (χ0) is 17.0. The van der Waals surface area contributed by atoms with E-state index in [2.05, 4.69) is 5.32 Å². The molecule has 7 heteroatoms. The average Bonchev–Trinajstić information content (AvgIpc) is 2.57. The summed E-state index contributed by atoms with van der Waals surface area (Å²) < 4.78 is 10.6. The number of carbonyl (C=O) groups excluding carboxylic acids is 2. The summed E-state index contributed by atoms with van der Waals surface area (Å²) in [5.41, 5.74) is 2.20. The molecule has 0 saturated heterocycles. The van der Waals surface area contributed by atoms with E-state index in [1.54, 1.807) is 33.2 Å². The minimum Gasteiger partial charge on any atom is -0.493 e. The maximum Gasteiger partial charge on any atom is 0.317 e. The first-order chi connectivity index (χ1) is 11.0. The number of urea groups is 1. The molecule has 3 amide bonds. The van der Waals surface area contributed by atoms with Gasteiger partial charge >= 0.3 is 6.03 Å². The van der Waals surface area contributed by atoms with Crippen LogP contribution in [0.15, 0.2) is 12.1 Å². The molecule has 1 aliphatic heterocycles. The first-order valence-electron chi connectivity index (χ1n) is 7.43. The van der Waals surface area contributed by atoms with E-state index < -0.39 is 0 Å². The maximum atomic E-state index is 12.2. The van der Waals surface area contributed by atoms with E-state index in [0.29, 0.717) is 24.6 Å². The van der Waals surface area contributed by atoms with Crippen LogP contribution in [0.3, 0.4) is 0 Å². The zero-order valence-electron chi connectivity index (χ0n) is 14.0. The van der Waals surface area contributed by atoms with E-state index in [4.69, 9.17) is 9.47 Å². The molecule has 1 aromatic rings. The third-order valence-corrected chi connectivity index (χ3v) is 3.87. The summed E-state index contributed by atoms with van der Waals surface area (Å²) in [6.45, 7) is 1.13. The number of hydrogen-bond donors (Lipinski definition) is 1. The summed E-state index contributed by atoms with van der Waals surface area (Å²) >= 11 is 0. The molecule has 0 unspecified atom stereocenters. The number of methoxy groups -OCH3 is 2. The summed E-state index contributed by atoms with van der Waals surface area (Å²) in [7, 11) is 6.47. The number of amides is 3. The van der Waals surface area contributed by atoms with Crippen LogP contribution in [-0.4, -0.2) is 63.1 Å². The highest BCUT2D eigenvalue weighted by Crippen LogP contribution is 2.33. The van der Waals surface area contributed by atoms with Gasteiger partial charge in [-0.3, -0.25) is 4.79 Å². The van der Waals surface area contributed by atoms with E-state index >= 15 is 0 Å². The minimum absolute atomic E-state index is 0.000361. The molecule has 0 atom stereocenters. The van der Waals surface area contributed by atoms with Gasteiger partial charge in [-0.05, 0) is 29.7 Å². The van der Waals surface area contributed by atoms with Crippen molar-refractivity contribution in [1.82, 2.24) is 15.1 Å². The van der Waals surface area contributed by atoms with E-state index in [1.807, 2.05) is 12.1 Å². The number of fused-ring (bicyclic) bond motifs is 1. The molecule has 0 spiro atoms. The number of carbonyl (C=O) groups is 2. The molecule has 1 N–H and O–H groups in total. The fourth-order valence-electron chi connectivity index (χ4n) is 2.52. The lowest BCUT2D eigenvalue weighted by atomic mass is 9.98. The molecule has 2 rings (SSSR count). The predicted octanol–water partition coefficient (Wildman–Crippen LogP) is 0.860. The van der Waals surface area contributed by atoms with Crippen molar-refractivity contribution in [2.75, 3.05) is 41.4 Å². The number of hydrogen-bond acceptors (Lipinski definition) is 4. The lowest BCUT2D eigenvalue weighted by Crippen LogP contribution is -2.44. The predicted molar refractivity (Wildman–Crippen MR) is 85.8 cm³/mol. The minimum atomic E-state index is -0.276. The van der Waals surface area contributed by atoms with Gasteiger partial charge < -0.3 is 24.6 Å². The van der Waals surface area contributed by atoms with Gasteiger partial charge in [0.2, 0.25) is 5.91 Å². The average molecular weight is 321 g/mol. The van der Waals surface area contributed by atoms with Crippen LogP contribution in [0.5, 0.6) is 11.5 Å². The van der Waals surface area contributed by atoms with Crippen molar-refractivity contribution in [3.05, 3.63) is 23.3 Å². The van der Waals surface area contributed by atoms with Crippen LogP contribution in [0.1, 0.15) is 11.1 Å². The molecule has 0 bridgehead atoms. The fourth-order valence-corrected chi connectivity index (χ4v) is 2.52. The smallest absolute Gasteiger partial charge is 0.317 e.